The number of nitriles is 1. The summed E-state index contributed by atoms with van der Waals surface area (Å²) in [5.41, 5.74) is 0. The maximum atomic E-state index is 12.0. The fraction of sp³-hybridized carbons (Fsp3) is 0.846. The van der Waals surface area contributed by atoms with Crippen molar-refractivity contribution in [3.63, 3.8) is 0 Å². The number of carbonyl (C=O) groups excluding carboxylic acids is 1. The lowest BCUT2D eigenvalue weighted by molar-refractivity contribution is -0.127. The van der Waals surface area contributed by atoms with Gasteiger partial charge in [-0.05, 0) is 39.7 Å². The van der Waals surface area contributed by atoms with E-state index in [-0.39, 0.29) is 23.9 Å². The molecule has 0 spiro atoms. The van der Waals surface area contributed by atoms with Crippen molar-refractivity contribution in [3.05, 3.63) is 0 Å². The molecule has 4 nitrogen and oxygen atoms in total. The lowest BCUT2D eigenvalue weighted by Gasteiger charge is -2.34. The highest BCUT2D eigenvalue weighted by Gasteiger charge is 2.27. The molecule has 1 aliphatic rings. The molecule has 3 atom stereocenters. The molecule has 96 valence electrons. The monoisotopic (exact) mass is 237 g/mol. The molecule has 3 unspecified atom stereocenters. The molecule has 0 aromatic carbocycles. The molecule has 0 bridgehead atoms. The zero-order chi connectivity index (χ0) is 12.8. The van der Waals surface area contributed by atoms with Gasteiger partial charge in [-0.1, -0.05) is 6.92 Å². The van der Waals surface area contributed by atoms with Crippen LogP contribution < -0.4 is 5.32 Å². The minimum Gasteiger partial charge on any atom is -0.352 e. The molecule has 17 heavy (non-hydrogen) atoms. The number of nitrogens with one attached hydrogen (secondary N) is 1. The van der Waals surface area contributed by atoms with E-state index in [4.69, 9.17) is 5.26 Å². The van der Waals surface area contributed by atoms with Gasteiger partial charge in [0.2, 0.25) is 5.91 Å². The molecule has 1 N–H and O–H groups in total. The van der Waals surface area contributed by atoms with Crippen LogP contribution >= 0.6 is 0 Å². The second-order valence-corrected chi connectivity index (χ2v) is 4.96. The summed E-state index contributed by atoms with van der Waals surface area (Å²) in [6.07, 6.45) is 2.92. The summed E-state index contributed by atoms with van der Waals surface area (Å²) < 4.78 is 0. The van der Waals surface area contributed by atoms with Crippen LogP contribution in [-0.4, -0.2) is 36.0 Å². The highest BCUT2D eigenvalue weighted by molar-refractivity contribution is 5.81. The van der Waals surface area contributed by atoms with E-state index in [0.717, 1.165) is 32.4 Å². The van der Waals surface area contributed by atoms with Crippen LogP contribution in [0.4, 0.5) is 0 Å². The maximum absolute atomic E-state index is 12.0. The van der Waals surface area contributed by atoms with Crippen LogP contribution in [0, 0.1) is 17.2 Å². The minimum absolute atomic E-state index is 0.0814. The van der Waals surface area contributed by atoms with Gasteiger partial charge in [-0.2, -0.15) is 5.26 Å². The van der Waals surface area contributed by atoms with Crippen molar-refractivity contribution in [2.24, 2.45) is 5.92 Å². The number of nitrogens with zero attached hydrogens (tertiary/aromatic N) is 2. The molecular weight excluding hydrogens is 214 g/mol. The minimum atomic E-state index is -0.125. The van der Waals surface area contributed by atoms with Crippen LogP contribution in [0.25, 0.3) is 0 Å². The zero-order valence-electron chi connectivity index (χ0n) is 11.1. The second-order valence-electron chi connectivity index (χ2n) is 4.96. The van der Waals surface area contributed by atoms with Crippen molar-refractivity contribution in [3.8, 4) is 6.07 Å². The van der Waals surface area contributed by atoms with Crippen molar-refractivity contribution in [2.45, 2.75) is 52.1 Å². The van der Waals surface area contributed by atoms with E-state index >= 15 is 0 Å². The molecule has 0 aliphatic carbocycles. The predicted octanol–water partition coefficient (Wildman–Crippen LogP) is 1.53. The smallest absolute Gasteiger partial charge is 0.237 e. The topological polar surface area (TPSA) is 56.1 Å². The first-order valence-corrected chi connectivity index (χ1v) is 6.52. The Hall–Kier alpha value is -1.08. The molecule has 4 heteroatoms. The Balaban J connectivity index is 2.48. The van der Waals surface area contributed by atoms with Crippen molar-refractivity contribution in [2.75, 3.05) is 13.1 Å². The Morgan fingerprint density at radius 3 is 2.88 bits per heavy atom. The van der Waals surface area contributed by atoms with Crippen molar-refractivity contribution < 1.29 is 4.79 Å². The number of rotatable bonds is 4. The van der Waals surface area contributed by atoms with Crippen LogP contribution in [0.2, 0.25) is 0 Å². The van der Waals surface area contributed by atoms with Crippen molar-refractivity contribution in [1.29, 1.82) is 5.26 Å². The molecule has 0 aromatic rings. The summed E-state index contributed by atoms with van der Waals surface area (Å²) in [6.45, 7) is 7.65. The molecule has 1 aliphatic heterocycles. The molecule has 1 amide bonds. The first kappa shape index (κ1) is 14.0. The van der Waals surface area contributed by atoms with E-state index in [2.05, 4.69) is 23.2 Å². The zero-order valence-corrected chi connectivity index (χ0v) is 11.1. The van der Waals surface area contributed by atoms with Gasteiger partial charge in [0.25, 0.3) is 0 Å². The Morgan fingerprint density at radius 1 is 1.59 bits per heavy atom. The van der Waals surface area contributed by atoms with Crippen LogP contribution in [0.1, 0.15) is 40.0 Å². The Bertz CT molecular complexity index is 298. The fourth-order valence-electron chi connectivity index (χ4n) is 2.09. The van der Waals surface area contributed by atoms with Crippen LogP contribution in [0.3, 0.4) is 0 Å². The first-order chi connectivity index (χ1) is 8.08. The third-order valence-corrected chi connectivity index (χ3v) is 3.56. The van der Waals surface area contributed by atoms with E-state index in [9.17, 15) is 4.79 Å². The summed E-state index contributed by atoms with van der Waals surface area (Å²) in [4.78, 5) is 14.1. The SMILES string of the molecule is CCC(C)NC(=O)C(C)N1CCCC(C#N)C1. The summed E-state index contributed by atoms with van der Waals surface area (Å²) >= 11 is 0. The van der Waals surface area contributed by atoms with Gasteiger partial charge in [-0.3, -0.25) is 9.69 Å². The van der Waals surface area contributed by atoms with E-state index in [1.165, 1.54) is 0 Å². The van der Waals surface area contributed by atoms with Gasteiger partial charge < -0.3 is 5.32 Å². The average molecular weight is 237 g/mol. The number of hydrogen-bond donors (Lipinski definition) is 1. The number of hydrogen-bond acceptors (Lipinski definition) is 3. The predicted molar refractivity (Wildman–Crippen MR) is 67.3 cm³/mol. The molecular formula is C13H23N3O. The maximum Gasteiger partial charge on any atom is 0.237 e. The molecule has 1 saturated heterocycles. The van der Waals surface area contributed by atoms with E-state index in [1.807, 2.05) is 13.8 Å². The van der Waals surface area contributed by atoms with Crippen molar-refractivity contribution in [1.82, 2.24) is 10.2 Å². The van der Waals surface area contributed by atoms with Crippen LogP contribution in [0.15, 0.2) is 0 Å². The highest BCUT2D eigenvalue weighted by Crippen LogP contribution is 2.17. The number of likely N-dealkylation sites (tertiary alicyclic amines) is 1. The van der Waals surface area contributed by atoms with Gasteiger partial charge >= 0.3 is 0 Å². The van der Waals surface area contributed by atoms with Gasteiger partial charge in [-0.15, -0.1) is 0 Å². The summed E-state index contributed by atoms with van der Waals surface area (Å²) in [6, 6.07) is 2.41. The van der Waals surface area contributed by atoms with Crippen LogP contribution in [-0.2, 0) is 4.79 Å². The molecule has 1 rings (SSSR count). The van der Waals surface area contributed by atoms with Gasteiger partial charge in [0, 0.05) is 12.6 Å². The lowest BCUT2D eigenvalue weighted by Crippen LogP contribution is -2.50. The van der Waals surface area contributed by atoms with Gasteiger partial charge in [0.1, 0.15) is 0 Å². The van der Waals surface area contributed by atoms with E-state index < -0.39 is 0 Å². The van der Waals surface area contributed by atoms with E-state index in [0.29, 0.717) is 0 Å². The summed E-state index contributed by atoms with van der Waals surface area (Å²) in [7, 11) is 0. The summed E-state index contributed by atoms with van der Waals surface area (Å²) in [5.74, 6) is 0.167. The van der Waals surface area contributed by atoms with E-state index in [1.54, 1.807) is 0 Å². The average Bonchev–Trinajstić information content (AvgIpc) is 2.37. The first-order valence-electron chi connectivity index (χ1n) is 6.52. The molecule has 0 aromatic heterocycles. The third-order valence-electron chi connectivity index (χ3n) is 3.56. The molecule has 1 fully saturated rings. The van der Waals surface area contributed by atoms with Gasteiger partial charge in [0.15, 0.2) is 0 Å². The molecule has 0 saturated carbocycles. The normalized spacial score (nSPS) is 24.7. The highest BCUT2D eigenvalue weighted by atomic mass is 16.2. The number of amides is 1. The van der Waals surface area contributed by atoms with Crippen LogP contribution in [0.5, 0.6) is 0 Å². The Kier molecular flexibility index (Phi) is 5.43. The lowest BCUT2D eigenvalue weighted by atomic mass is 9.98. The standard InChI is InChI=1S/C13H23N3O/c1-4-10(2)15-13(17)11(3)16-7-5-6-12(8-14)9-16/h10-12H,4-7,9H2,1-3H3,(H,15,17). The quantitative estimate of drug-likeness (QED) is 0.806. The molecule has 1 heterocycles. The summed E-state index contributed by atoms with van der Waals surface area (Å²) in [5, 5.41) is 11.9. The number of carbonyl (C=O) groups is 1. The molecule has 0 radical (unpaired) electrons. The Morgan fingerprint density at radius 2 is 2.29 bits per heavy atom. The fourth-order valence-corrected chi connectivity index (χ4v) is 2.09. The van der Waals surface area contributed by atoms with Gasteiger partial charge in [0.05, 0.1) is 18.0 Å². The third kappa shape index (κ3) is 4.01. The van der Waals surface area contributed by atoms with Crippen molar-refractivity contribution >= 4 is 5.91 Å². The number of piperidine rings is 1. The second kappa shape index (κ2) is 6.61. The largest absolute Gasteiger partial charge is 0.352 e. The van der Waals surface area contributed by atoms with Gasteiger partial charge in [-0.25, -0.2) is 0 Å². The Labute approximate surface area is 104 Å².